The molecule has 1 aromatic carbocycles. The number of hydrogen-bond acceptors (Lipinski definition) is 4. The molecule has 0 radical (unpaired) electrons. The van der Waals surface area contributed by atoms with Crippen molar-refractivity contribution in [3.63, 3.8) is 0 Å². The van der Waals surface area contributed by atoms with Crippen LogP contribution in [-0.4, -0.2) is 45.6 Å². The topological polar surface area (TPSA) is 58.6 Å². The van der Waals surface area contributed by atoms with E-state index in [1.165, 1.54) is 20.0 Å². The molecule has 1 aliphatic heterocycles. The van der Waals surface area contributed by atoms with E-state index in [0.29, 0.717) is 11.8 Å². The Labute approximate surface area is 133 Å². The molecule has 1 unspecified atom stereocenters. The first kappa shape index (κ1) is 15.3. The maximum absolute atomic E-state index is 12.6. The zero-order valence-electron chi connectivity index (χ0n) is 11.9. The van der Waals surface area contributed by atoms with E-state index in [1.54, 1.807) is 18.2 Å². The number of methoxy groups -OCH3 is 1. The summed E-state index contributed by atoms with van der Waals surface area (Å²) in [6.45, 7) is 1.79. The van der Waals surface area contributed by atoms with E-state index >= 15 is 0 Å². The van der Waals surface area contributed by atoms with Gasteiger partial charge in [-0.15, -0.1) is 0 Å². The number of ether oxygens (including phenoxy) is 1. The summed E-state index contributed by atoms with van der Waals surface area (Å²) in [6, 6.07) is 5.67. The van der Waals surface area contributed by atoms with Crippen LogP contribution in [0, 0.1) is 0 Å². The quantitative estimate of drug-likeness (QED) is 0.855. The zero-order chi connectivity index (χ0) is 15.0. The van der Waals surface area contributed by atoms with Gasteiger partial charge in [0.05, 0.1) is 7.11 Å². The maximum atomic E-state index is 12.6. The van der Waals surface area contributed by atoms with Gasteiger partial charge >= 0.3 is 0 Å². The van der Waals surface area contributed by atoms with Crippen molar-refractivity contribution in [2.75, 3.05) is 20.2 Å². The monoisotopic (exact) mass is 374 g/mol. The Kier molecular flexibility index (Phi) is 4.27. The minimum absolute atomic E-state index is 0.0145. The Hall–Kier alpha value is -0.630. The molecule has 1 aliphatic carbocycles. The van der Waals surface area contributed by atoms with Gasteiger partial charge in [-0.3, -0.25) is 4.90 Å². The summed E-state index contributed by atoms with van der Waals surface area (Å²) < 4.78 is 33.9. The summed E-state index contributed by atoms with van der Waals surface area (Å²) in [5.74, 6) is 0.364. The fourth-order valence-electron chi connectivity index (χ4n) is 2.80. The van der Waals surface area contributed by atoms with E-state index < -0.39 is 10.0 Å². The maximum Gasteiger partial charge on any atom is 0.244 e. The molecule has 1 aromatic rings. The molecule has 2 aliphatic rings. The van der Waals surface area contributed by atoms with Gasteiger partial charge in [0.2, 0.25) is 10.0 Å². The van der Waals surface area contributed by atoms with Gasteiger partial charge in [-0.2, -0.15) is 0 Å². The largest absolute Gasteiger partial charge is 0.495 e. The average Bonchev–Trinajstić information content (AvgIpc) is 3.20. The average molecular weight is 375 g/mol. The minimum Gasteiger partial charge on any atom is -0.495 e. The standard InChI is InChI=1S/C14H19BrN2O3S/c1-20-13-5-2-10(15)8-14(13)21(18,19)16-11-6-7-17(9-11)12-3-4-12/h2,5,8,11-12,16H,3-4,6-7,9H2,1H3. The van der Waals surface area contributed by atoms with Gasteiger partial charge in [0.15, 0.2) is 0 Å². The van der Waals surface area contributed by atoms with Crippen molar-refractivity contribution in [3.8, 4) is 5.75 Å². The van der Waals surface area contributed by atoms with Crippen molar-refractivity contribution in [2.45, 2.75) is 36.2 Å². The number of sulfonamides is 1. The van der Waals surface area contributed by atoms with Gasteiger partial charge < -0.3 is 4.74 Å². The van der Waals surface area contributed by atoms with Crippen molar-refractivity contribution in [1.29, 1.82) is 0 Å². The molecule has 1 heterocycles. The van der Waals surface area contributed by atoms with Gasteiger partial charge in [0.1, 0.15) is 10.6 Å². The van der Waals surface area contributed by atoms with Gasteiger partial charge in [-0.25, -0.2) is 13.1 Å². The van der Waals surface area contributed by atoms with Crippen LogP contribution in [0.15, 0.2) is 27.6 Å². The van der Waals surface area contributed by atoms with Crippen molar-refractivity contribution in [2.24, 2.45) is 0 Å². The molecule has 1 saturated heterocycles. The summed E-state index contributed by atoms with van der Waals surface area (Å²) in [5, 5.41) is 0. The molecule has 3 rings (SSSR count). The van der Waals surface area contributed by atoms with Crippen molar-refractivity contribution < 1.29 is 13.2 Å². The normalized spacial score (nSPS) is 23.4. The lowest BCUT2D eigenvalue weighted by Gasteiger charge is -2.17. The number of nitrogens with zero attached hydrogens (tertiary/aromatic N) is 1. The van der Waals surface area contributed by atoms with Crippen LogP contribution in [0.2, 0.25) is 0 Å². The predicted molar refractivity (Wildman–Crippen MR) is 84.0 cm³/mol. The third-order valence-corrected chi connectivity index (χ3v) is 6.05. The molecule has 7 heteroatoms. The molecule has 0 aromatic heterocycles. The Bertz CT molecular complexity index is 631. The van der Waals surface area contributed by atoms with Crippen LogP contribution >= 0.6 is 15.9 Å². The minimum atomic E-state index is -3.57. The van der Waals surface area contributed by atoms with Gasteiger partial charge in [-0.05, 0) is 37.5 Å². The molecule has 1 N–H and O–H groups in total. The van der Waals surface area contributed by atoms with Gasteiger partial charge in [-0.1, -0.05) is 15.9 Å². The fourth-order valence-corrected chi connectivity index (χ4v) is 4.77. The fraction of sp³-hybridized carbons (Fsp3) is 0.571. The van der Waals surface area contributed by atoms with E-state index in [2.05, 4.69) is 25.6 Å². The Morgan fingerprint density at radius 3 is 2.76 bits per heavy atom. The summed E-state index contributed by atoms with van der Waals surface area (Å²) in [7, 11) is -2.09. The summed E-state index contributed by atoms with van der Waals surface area (Å²) >= 11 is 3.31. The lowest BCUT2D eigenvalue weighted by Crippen LogP contribution is -2.37. The highest BCUT2D eigenvalue weighted by Gasteiger charge is 2.36. The number of benzene rings is 1. The molecular weight excluding hydrogens is 356 g/mol. The van der Waals surface area contributed by atoms with Crippen molar-refractivity contribution >= 4 is 26.0 Å². The second kappa shape index (κ2) is 5.87. The van der Waals surface area contributed by atoms with E-state index in [1.807, 2.05) is 0 Å². The predicted octanol–water partition coefficient (Wildman–Crippen LogP) is 1.97. The Morgan fingerprint density at radius 2 is 2.10 bits per heavy atom. The molecule has 0 amide bonds. The number of hydrogen-bond donors (Lipinski definition) is 1. The smallest absolute Gasteiger partial charge is 0.244 e. The zero-order valence-corrected chi connectivity index (χ0v) is 14.3. The van der Waals surface area contributed by atoms with Crippen LogP contribution < -0.4 is 9.46 Å². The van der Waals surface area contributed by atoms with E-state index in [0.717, 1.165) is 24.0 Å². The van der Waals surface area contributed by atoms with Crippen LogP contribution in [0.5, 0.6) is 5.75 Å². The first-order chi connectivity index (χ1) is 9.99. The van der Waals surface area contributed by atoms with E-state index in [9.17, 15) is 8.42 Å². The first-order valence-electron chi connectivity index (χ1n) is 7.09. The van der Waals surface area contributed by atoms with Gasteiger partial charge in [0, 0.05) is 29.6 Å². The molecular formula is C14H19BrN2O3S. The number of rotatable bonds is 5. The molecule has 116 valence electrons. The van der Waals surface area contributed by atoms with E-state index in [-0.39, 0.29) is 10.9 Å². The van der Waals surface area contributed by atoms with Crippen LogP contribution in [-0.2, 0) is 10.0 Å². The number of halogens is 1. The molecule has 2 fully saturated rings. The van der Waals surface area contributed by atoms with Crippen LogP contribution in [0.3, 0.4) is 0 Å². The highest BCUT2D eigenvalue weighted by Crippen LogP contribution is 2.31. The molecule has 5 nitrogen and oxygen atoms in total. The first-order valence-corrected chi connectivity index (χ1v) is 9.37. The summed E-state index contributed by atoms with van der Waals surface area (Å²) in [5.41, 5.74) is 0. The third-order valence-electron chi connectivity index (χ3n) is 4.02. The lowest BCUT2D eigenvalue weighted by molar-refractivity contribution is 0.322. The van der Waals surface area contributed by atoms with Gasteiger partial charge in [0.25, 0.3) is 0 Å². The molecule has 1 saturated carbocycles. The number of likely N-dealkylation sites (tertiary alicyclic amines) is 1. The molecule has 21 heavy (non-hydrogen) atoms. The molecule has 0 bridgehead atoms. The Morgan fingerprint density at radius 1 is 1.33 bits per heavy atom. The van der Waals surface area contributed by atoms with Crippen LogP contribution in [0.4, 0.5) is 0 Å². The molecule has 1 atom stereocenters. The van der Waals surface area contributed by atoms with Crippen LogP contribution in [0.1, 0.15) is 19.3 Å². The second-order valence-corrected chi connectivity index (χ2v) is 8.23. The second-order valence-electron chi connectivity index (χ2n) is 5.63. The highest BCUT2D eigenvalue weighted by molar-refractivity contribution is 9.10. The highest BCUT2D eigenvalue weighted by atomic mass is 79.9. The SMILES string of the molecule is COc1ccc(Br)cc1S(=O)(=O)NC1CCN(C2CC2)C1. The van der Waals surface area contributed by atoms with Crippen LogP contribution in [0.25, 0.3) is 0 Å². The number of nitrogens with one attached hydrogen (secondary N) is 1. The molecule has 0 spiro atoms. The van der Waals surface area contributed by atoms with Crippen molar-refractivity contribution in [1.82, 2.24) is 9.62 Å². The van der Waals surface area contributed by atoms with E-state index in [4.69, 9.17) is 4.74 Å². The van der Waals surface area contributed by atoms with Crippen molar-refractivity contribution in [3.05, 3.63) is 22.7 Å². The summed E-state index contributed by atoms with van der Waals surface area (Å²) in [6.07, 6.45) is 3.36. The lowest BCUT2D eigenvalue weighted by atomic mass is 10.3. The summed E-state index contributed by atoms with van der Waals surface area (Å²) in [4.78, 5) is 2.56. The third kappa shape index (κ3) is 3.41. The Balaban J connectivity index is 1.76.